The number of carbonyl (C=O) groups excluding carboxylic acids is 3. The summed E-state index contributed by atoms with van der Waals surface area (Å²) in [4.78, 5) is 35.8. The van der Waals surface area contributed by atoms with Crippen molar-refractivity contribution in [3.63, 3.8) is 0 Å². The molecule has 0 heterocycles. The number of esters is 2. The highest BCUT2D eigenvalue weighted by atomic mass is 19.1. The molecule has 0 saturated heterocycles. The first kappa shape index (κ1) is 20.7. The Morgan fingerprint density at radius 1 is 0.733 bits per heavy atom. The molecule has 0 aliphatic carbocycles. The van der Waals surface area contributed by atoms with Crippen LogP contribution in [-0.4, -0.2) is 24.8 Å². The number of hydrogen-bond donors (Lipinski definition) is 0. The molecule has 3 rings (SSSR count). The molecule has 3 aromatic carbocycles. The van der Waals surface area contributed by atoms with Crippen LogP contribution in [0.4, 0.5) is 4.39 Å². The van der Waals surface area contributed by atoms with Gasteiger partial charge in [-0.25, -0.2) is 14.0 Å². The van der Waals surface area contributed by atoms with E-state index in [1.165, 1.54) is 49.6 Å². The molecule has 150 valence electrons. The van der Waals surface area contributed by atoms with Crippen LogP contribution in [-0.2, 0) is 4.74 Å². The van der Waals surface area contributed by atoms with Crippen LogP contribution in [0, 0.1) is 5.82 Å². The van der Waals surface area contributed by atoms with E-state index in [1.54, 1.807) is 42.5 Å². The minimum absolute atomic E-state index is 0.220. The van der Waals surface area contributed by atoms with Crippen LogP contribution in [0.1, 0.15) is 36.6 Å². The quantitative estimate of drug-likeness (QED) is 0.257. The average molecular weight is 404 g/mol. The van der Waals surface area contributed by atoms with Gasteiger partial charge in [0.1, 0.15) is 11.6 Å². The summed E-state index contributed by atoms with van der Waals surface area (Å²) in [5, 5.41) is 0. The monoisotopic (exact) mass is 404 g/mol. The summed E-state index contributed by atoms with van der Waals surface area (Å²) in [5.74, 6) is -1.46. The Kier molecular flexibility index (Phi) is 6.49. The number of rotatable bonds is 6. The fourth-order valence-corrected chi connectivity index (χ4v) is 2.56. The molecule has 0 aromatic heterocycles. The normalized spacial score (nSPS) is 10.6. The number of ether oxygens (including phenoxy) is 2. The standard InChI is InChI=1S/C24H17FO5/c1-29-23(27)18-5-2-16(3-6-18)4-15-22(26)17-9-13-21(14-10-17)30-24(28)19-7-11-20(25)12-8-19/h2-15H,1H3. The van der Waals surface area contributed by atoms with E-state index < -0.39 is 17.8 Å². The number of halogens is 1. The second-order valence-electron chi connectivity index (χ2n) is 6.23. The Balaban J connectivity index is 1.61. The Labute approximate surface area is 172 Å². The zero-order chi connectivity index (χ0) is 21.5. The molecule has 0 atom stereocenters. The summed E-state index contributed by atoms with van der Waals surface area (Å²) in [7, 11) is 1.31. The first-order chi connectivity index (χ1) is 14.5. The van der Waals surface area contributed by atoms with E-state index in [0.717, 1.165) is 5.56 Å². The lowest BCUT2D eigenvalue weighted by molar-refractivity contribution is 0.0600. The molecule has 6 heteroatoms. The Hall–Kier alpha value is -4.06. The zero-order valence-electron chi connectivity index (χ0n) is 16.0. The number of methoxy groups -OCH3 is 1. The lowest BCUT2D eigenvalue weighted by atomic mass is 10.1. The van der Waals surface area contributed by atoms with Crippen LogP contribution >= 0.6 is 0 Å². The van der Waals surface area contributed by atoms with Crippen molar-refractivity contribution < 1.29 is 28.2 Å². The number of benzene rings is 3. The molecule has 0 bridgehead atoms. The Bertz CT molecular complexity index is 1080. The maximum absolute atomic E-state index is 12.9. The summed E-state index contributed by atoms with van der Waals surface area (Å²) in [6.07, 6.45) is 3.04. The summed E-state index contributed by atoms with van der Waals surface area (Å²) >= 11 is 0. The van der Waals surface area contributed by atoms with Gasteiger partial charge in [-0.1, -0.05) is 18.2 Å². The van der Waals surface area contributed by atoms with Gasteiger partial charge in [0.15, 0.2) is 5.78 Å². The number of carbonyl (C=O) groups is 3. The van der Waals surface area contributed by atoms with Gasteiger partial charge in [0.25, 0.3) is 0 Å². The van der Waals surface area contributed by atoms with Crippen molar-refractivity contribution in [2.75, 3.05) is 7.11 Å². The highest BCUT2D eigenvalue weighted by Gasteiger charge is 2.10. The lowest BCUT2D eigenvalue weighted by Crippen LogP contribution is -2.08. The lowest BCUT2D eigenvalue weighted by Gasteiger charge is -2.05. The summed E-state index contributed by atoms with van der Waals surface area (Å²) in [6.45, 7) is 0. The van der Waals surface area contributed by atoms with Gasteiger partial charge in [0.05, 0.1) is 18.2 Å². The third-order valence-corrected chi connectivity index (χ3v) is 4.19. The minimum atomic E-state index is -0.621. The Morgan fingerprint density at radius 3 is 1.87 bits per heavy atom. The van der Waals surface area contributed by atoms with Crippen LogP contribution in [0.2, 0.25) is 0 Å². The van der Waals surface area contributed by atoms with E-state index in [-0.39, 0.29) is 17.1 Å². The first-order valence-electron chi connectivity index (χ1n) is 8.95. The van der Waals surface area contributed by atoms with Crippen LogP contribution in [0.5, 0.6) is 5.75 Å². The maximum atomic E-state index is 12.9. The molecule has 0 unspecified atom stereocenters. The van der Waals surface area contributed by atoms with Gasteiger partial charge in [-0.05, 0) is 72.3 Å². The van der Waals surface area contributed by atoms with Crippen molar-refractivity contribution in [2.24, 2.45) is 0 Å². The SMILES string of the molecule is COC(=O)c1ccc(C=CC(=O)c2ccc(OC(=O)c3ccc(F)cc3)cc2)cc1. The average Bonchev–Trinajstić information content (AvgIpc) is 2.78. The van der Waals surface area contributed by atoms with Gasteiger partial charge >= 0.3 is 11.9 Å². The largest absolute Gasteiger partial charge is 0.465 e. The highest BCUT2D eigenvalue weighted by Crippen LogP contribution is 2.16. The number of ketones is 1. The topological polar surface area (TPSA) is 69.7 Å². The molecule has 3 aromatic rings. The van der Waals surface area contributed by atoms with E-state index in [0.29, 0.717) is 11.1 Å². The third-order valence-electron chi connectivity index (χ3n) is 4.19. The van der Waals surface area contributed by atoms with Gasteiger partial charge in [-0.3, -0.25) is 4.79 Å². The fourth-order valence-electron chi connectivity index (χ4n) is 2.56. The molecular formula is C24H17FO5. The van der Waals surface area contributed by atoms with E-state index in [2.05, 4.69) is 4.74 Å². The van der Waals surface area contributed by atoms with Gasteiger partial charge in [-0.2, -0.15) is 0 Å². The predicted octanol–water partition coefficient (Wildman–Crippen LogP) is 4.73. The van der Waals surface area contributed by atoms with Crippen molar-refractivity contribution >= 4 is 23.8 Å². The van der Waals surface area contributed by atoms with Crippen molar-refractivity contribution in [3.05, 3.63) is 107 Å². The molecule has 0 N–H and O–H groups in total. The smallest absolute Gasteiger partial charge is 0.343 e. The van der Waals surface area contributed by atoms with Crippen molar-refractivity contribution in [3.8, 4) is 5.75 Å². The fraction of sp³-hybridized carbons (Fsp3) is 0.0417. The number of hydrogen-bond acceptors (Lipinski definition) is 5. The second kappa shape index (κ2) is 9.43. The van der Waals surface area contributed by atoms with E-state index in [9.17, 15) is 18.8 Å². The van der Waals surface area contributed by atoms with Crippen molar-refractivity contribution in [1.82, 2.24) is 0 Å². The van der Waals surface area contributed by atoms with E-state index >= 15 is 0 Å². The summed E-state index contributed by atoms with van der Waals surface area (Å²) in [5.41, 5.74) is 1.81. The molecule has 0 aliphatic heterocycles. The van der Waals surface area contributed by atoms with E-state index in [1.807, 2.05) is 0 Å². The molecule has 0 spiro atoms. The van der Waals surface area contributed by atoms with Crippen molar-refractivity contribution in [2.45, 2.75) is 0 Å². The summed E-state index contributed by atoms with van der Waals surface area (Å²) in [6, 6.07) is 17.7. The maximum Gasteiger partial charge on any atom is 0.343 e. The zero-order valence-corrected chi connectivity index (χ0v) is 16.0. The van der Waals surface area contributed by atoms with E-state index in [4.69, 9.17) is 4.74 Å². The van der Waals surface area contributed by atoms with Crippen LogP contribution in [0.25, 0.3) is 6.08 Å². The first-order valence-corrected chi connectivity index (χ1v) is 8.95. The Morgan fingerprint density at radius 2 is 1.27 bits per heavy atom. The molecule has 0 saturated carbocycles. The molecule has 5 nitrogen and oxygen atoms in total. The van der Waals surface area contributed by atoms with Crippen LogP contribution < -0.4 is 4.74 Å². The third kappa shape index (κ3) is 5.26. The second-order valence-corrected chi connectivity index (χ2v) is 6.23. The molecule has 0 aliphatic rings. The highest BCUT2D eigenvalue weighted by molar-refractivity contribution is 6.07. The predicted molar refractivity (Wildman–Crippen MR) is 109 cm³/mol. The molecule has 30 heavy (non-hydrogen) atoms. The number of allylic oxidation sites excluding steroid dienone is 1. The van der Waals surface area contributed by atoms with Crippen LogP contribution in [0.15, 0.2) is 78.9 Å². The minimum Gasteiger partial charge on any atom is -0.465 e. The van der Waals surface area contributed by atoms with Crippen molar-refractivity contribution in [1.29, 1.82) is 0 Å². The van der Waals surface area contributed by atoms with Gasteiger partial charge in [-0.15, -0.1) is 0 Å². The van der Waals surface area contributed by atoms with Crippen LogP contribution in [0.3, 0.4) is 0 Å². The molecule has 0 fully saturated rings. The summed E-state index contributed by atoms with van der Waals surface area (Å²) < 4.78 is 22.8. The van der Waals surface area contributed by atoms with Gasteiger partial charge in [0.2, 0.25) is 0 Å². The molecular weight excluding hydrogens is 387 g/mol. The molecule has 0 radical (unpaired) electrons. The van der Waals surface area contributed by atoms with Gasteiger partial charge < -0.3 is 9.47 Å². The van der Waals surface area contributed by atoms with Gasteiger partial charge in [0, 0.05) is 5.56 Å². The molecule has 0 amide bonds.